The zero-order valence-electron chi connectivity index (χ0n) is 10.2. The molecule has 0 saturated carbocycles. The van der Waals surface area contributed by atoms with Crippen molar-refractivity contribution in [3.05, 3.63) is 35.7 Å². The molecule has 4 heteroatoms. The van der Waals surface area contributed by atoms with Gasteiger partial charge in [0.25, 0.3) is 5.89 Å². The van der Waals surface area contributed by atoms with Crippen LogP contribution in [-0.2, 0) is 0 Å². The van der Waals surface area contributed by atoms with E-state index in [1.807, 2.05) is 12.1 Å². The molecule has 1 aromatic carbocycles. The molecular weight excluding hydrogens is 216 g/mol. The van der Waals surface area contributed by atoms with Gasteiger partial charge in [-0.2, -0.15) is 4.98 Å². The molecule has 1 atom stereocenters. The number of aromatic nitrogens is 2. The summed E-state index contributed by atoms with van der Waals surface area (Å²) in [6.45, 7) is 5.89. The summed E-state index contributed by atoms with van der Waals surface area (Å²) in [5.41, 5.74) is 2.16. The Morgan fingerprint density at radius 3 is 2.24 bits per heavy atom. The quantitative estimate of drug-likeness (QED) is 0.883. The van der Waals surface area contributed by atoms with Crippen molar-refractivity contribution in [2.24, 2.45) is 0 Å². The summed E-state index contributed by atoms with van der Waals surface area (Å²) < 4.78 is 4.95. The van der Waals surface area contributed by atoms with Crippen molar-refractivity contribution in [1.82, 2.24) is 10.1 Å². The molecule has 0 aliphatic rings. The highest BCUT2D eigenvalue weighted by Crippen LogP contribution is 2.21. The summed E-state index contributed by atoms with van der Waals surface area (Å²) in [5, 5.41) is 13.1. The van der Waals surface area contributed by atoms with Gasteiger partial charge in [0.05, 0.1) is 0 Å². The predicted molar refractivity (Wildman–Crippen MR) is 64.5 cm³/mol. The molecule has 1 unspecified atom stereocenters. The summed E-state index contributed by atoms with van der Waals surface area (Å²) in [7, 11) is 0. The number of nitrogens with zero attached hydrogens (tertiary/aromatic N) is 2. The molecule has 2 aromatic rings. The van der Waals surface area contributed by atoms with Crippen molar-refractivity contribution in [3.63, 3.8) is 0 Å². The smallest absolute Gasteiger partial charge is 0.255 e. The van der Waals surface area contributed by atoms with Gasteiger partial charge in [0.15, 0.2) is 0 Å². The maximum absolute atomic E-state index is 9.30. The molecule has 1 heterocycles. The Kier molecular flexibility index (Phi) is 3.24. The first kappa shape index (κ1) is 11.8. The second-order valence-electron chi connectivity index (χ2n) is 4.41. The Bertz CT molecular complexity index is 486. The van der Waals surface area contributed by atoms with Crippen LogP contribution in [0.3, 0.4) is 0 Å². The Hall–Kier alpha value is -1.68. The minimum Gasteiger partial charge on any atom is -0.384 e. The molecule has 4 nitrogen and oxygen atoms in total. The maximum atomic E-state index is 9.30. The Morgan fingerprint density at radius 2 is 1.76 bits per heavy atom. The molecule has 0 saturated heterocycles. The Labute approximate surface area is 100 Å². The summed E-state index contributed by atoms with van der Waals surface area (Å²) in [6, 6.07) is 8.04. The molecule has 0 spiro atoms. The molecule has 2 rings (SSSR count). The van der Waals surface area contributed by atoms with E-state index in [2.05, 4.69) is 36.1 Å². The third-order valence-corrected chi connectivity index (χ3v) is 2.63. The first-order valence-corrected chi connectivity index (χ1v) is 5.70. The minimum atomic E-state index is -0.730. The number of aliphatic hydroxyl groups excluding tert-OH is 1. The van der Waals surface area contributed by atoms with Crippen molar-refractivity contribution in [2.45, 2.75) is 32.8 Å². The fraction of sp³-hybridized carbons (Fsp3) is 0.385. The normalized spacial score (nSPS) is 13.0. The van der Waals surface area contributed by atoms with Gasteiger partial charge >= 0.3 is 0 Å². The van der Waals surface area contributed by atoms with Crippen LogP contribution >= 0.6 is 0 Å². The van der Waals surface area contributed by atoms with Crippen molar-refractivity contribution in [3.8, 4) is 11.4 Å². The summed E-state index contributed by atoms with van der Waals surface area (Å²) >= 11 is 0. The van der Waals surface area contributed by atoms with Crippen LogP contribution in [0.5, 0.6) is 0 Å². The Balaban J connectivity index is 2.27. The van der Waals surface area contributed by atoms with Crippen LogP contribution in [0.15, 0.2) is 28.8 Å². The highest BCUT2D eigenvalue weighted by atomic mass is 16.5. The third-order valence-electron chi connectivity index (χ3n) is 2.63. The van der Waals surface area contributed by atoms with E-state index in [0.29, 0.717) is 11.7 Å². The van der Waals surface area contributed by atoms with E-state index in [0.717, 1.165) is 5.56 Å². The SMILES string of the molecule is CC(C)c1ccc(-c2noc(C(C)O)n2)cc1. The van der Waals surface area contributed by atoms with Crippen molar-refractivity contribution < 1.29 is 9.63 Å². The molecular formula is C13H16N2O2. The lowest BCUT2D eigenvalue weighted by molar-refractivity contribution is 0.152. The first-order valence-electron chi connectivity index (χ1n) is 5.70. The molecule has 0 radical (unpaired) electrons. The molecule has 17 heavy (non-hydrogen) atoms. The number of hydrogen-bond acceptors (Lipinski definition) is 4. The van der Waals surface area contributed by atoms with Crippen molar-refractivity contribution in [1.29, 1.82) is 0 Å². The topological polar surface area (TPSA) is 59.2 Å². The highest BCUT2D eigenvalue weighted by Gasteiger charge is 2.12. The van der Waals surface area contributed by atoms with Gasteiger partial charge < -0.3 is 9.63 Å². The van der Waals surface area contributed by atoms with Crippen LogP contribution in [0.25, 0.3) is 11.4 Å². The van der Waals surface area contributed by atoms with Crippen molar-refractivity contribution in [2.75, 3.05) is 0 Å². The summed E-state index contributed by atoms with van der Waals surface area (Å²) in [6.07, 6.45) is -0.730. The maximum Gasteiger partial charge on any atom is 0.255 e. The fourth-order valence-electron chi connectivity index (χ4n) is 1.54. The van der Waals surface area contributed by atoms with E-state index in [1.54, 1.807) is 6.92 Å². The van der Waals surface area contributed by atoms with E-state index in [1.165, 1.54) is 5.56 Å². The van der Waals surface area contributed by atoms with Gasteiger partial charge in [0, 0.05) is 5.56 Å². The average molecular weight is 232 g/mol. The number of benzene rings is 1. The van der Waals surface area contributed by atoms with Gasteiger partial charge in [-0.05, 0) is 18.4 Å². The molecule has 1 N–H and O–H groups in total. The zero-order chi connectivity index (χ0) is 12.4. The molecule has 90 valence electrons. The predicted octanol–water partition coefficient (Wildman–Crippen LogP) is 2.91. The average Bonchev–Trinajstić information content (AvgIpc) is 2.78. The number of rotatable bonds is 3. The van der Waals surface area contributed by atoms with Crippen LogP contribution in [-0.4, -0.2) is 15.2 Å². The lowest BCUT2D eigenvalue weighted by Gasteiger charge is -2.04. The van der Waals surface area contributed by atoms with E-state index in [-0.39, 0.29) is 5.89 Å². The lowest BCUT2D eigenvalue weighted by Crippen LogP contribution is -1.91. The third kappa shape index (κ3) is 2.53. The van der Waals surface area contributed by atoms with Crippen molar-refractivity contribution >= 4 is 0 Å². The van der Waals surface area contributed by atoms with E-state index in [4.69, 9.17) is 4.52 Å². The second-order valence-corrected chi connectivity index (χ2v) is 4.41. The standard InChI is InChI=1S/C13H16N2O2/c1-8(2)10-4-6-11(7-5-10)12-14-13(9(3)16)17-15-12/h4-9,16H,1-3H3. The highest BCUT2D eigenvalue weighted by molar-refractivity contribution is 5.54. The second kappa shape index (κ2) is 4.67. The zero-order valence-corrected chi connectivity index (χ0v) is 10.2. The molecule has 0 bridgehead atoms. The van der Waals surface area contributed by atoms with Crippen LogP contribution < -0.4 is 0 Å². The minimum absolute atomic E-state index is 0.243. The van der Waals surface area contributed by atoms with Gasteiger partial charge in [-0.25, -0.2) is 0 Å². The van der Waals surface area contributed by atoms with E-state index < -0.39 is 6.10 Å². The molecule has 0 fully saturated rings. The van der Waals surface area contributed by atoms with Gasteiger partial charge in [0.2, 0.25) is 5.82 Å². The van der Waals surface area contributed by atoms with E-state index >= 15 is 0 Å². The first-order chi connectivity index (χ1) is 8.08. The fourth-order valence-corrected chi connectivity index (χ4v) is 1.54. The Morgan fingerprint density at radius 1 is 1.12 bits per heavy atom. The summed E-state index contributed by atoms with van der Waals surface area (Å²) in [4.78, 5) is 4.13. The van der Waals surface area contributed by atoms with Gasteiger partial charge in [-0.15, -0.1) is 0 Å². The van der Waals surface area contributed by atoms with Gasteiger partial charge in [-0.3, -0.25) is 0 Å². The monoisotopic (exact) mass is 232 g/mol. The van der Waals surface area contributed by atoms with Crippen LogP contribution in [0, 0.1) is 0 Å². The molecule has 0 aliphatic carbocycles. The molecule has 0 aliphatic heterocycles. The summed E-state index contributed by atoms with van der Waals surface area (Å²) in [5.74, 6) is 1.26. The van der Waals surface area contributed by atoms with Crippen LogP contribution in [0.4, 0.5) is 0 Å². The molecule has 1 aromatic heterocycles. The van der Waals surface area contributed by atoms with Crippen LogP contribution in [0.2, 0.25) is 0 Å². The van der Waals surface area contributed by atoms with Gasteiger partial charge in [0.1, 0.15) is 6.10 Å². The number of hydrogen-bond donors (Lipinski definition) is 1. The lowest BCUT2D eigenvalue weighted by atomic mass is 10.0. The largest absolute Gasteiger partial charge is 0.384 e. The molecule has 0 amide bonds. The van der Waals surface area contributed by atoms with Crippen LogP contribution in [0.1, 0.15) is 44.2 Å². The van der Waals surface area contributed by atoms with Gasteiger partial charge in [-0.1, -0.05) is 43.3 Å². The number of aliphatic hydroxyl groups is 1. The van der Waals surface area contributed by atoms with E-state index in [9.17, 15) is 5.11 Å².